The van der Waals surface area contributed by atoms with Crippen LogP contribution in [0.3, 0.4) is 0 Å². The number of hydrogen-bond donors (Lipinski definition) is 1. The van der Waals surface area contributed by atoms with Gasteiger partial charge in [-0.1, -0.05) is 32.9 Å². The third-order valence-corrected chi connectivity index (χ3v) is 4.97. The molecule has 1 aromatic rings. The number of piperazine rings is 1. The second-order valence-corrected chi connectivity index (χ2v) is 6.64. The number of aryl methyl sites for hydroxylation is 1. The van der Waals surface area contributed by atoms with Crippen LogP contribution < -0.4 is 5.32 Å². The van der Waals surface area contributed by atoms with E-state index in [2.05, 4.69) is 48.1 Å². The lowest BCUT2D eigenvalue weighted by molar-refractivity contribution is 0.0498. The lowest BCUT2D eigenvalue weighted by Crippen LogP contribution is -2.65. The molecule has 1 aromatic heterocycles. The van der Waals surface area contributed by atoms with Crippen LogP contribution in [0.5, 0.6) is 0 Å². The fourth-order valence-electron chi connectivity index (χ4n) is 3.32. The van der Waals surface area contributed by atoms with Gasteiger partial charge in [0.2, 0.25) is 5.89 Å². The van der Waals surface area contributed by atoms with Gasteiger partial charge in [-0.15, -0.1) is 0 Å². The molecule has 0 aromatic carbocycles. The van der Waals surface area contributed by atoms with Crippen LogP contribution in [0.25, 0.3) is 0 Å². The Morgan fingerprint density at radius 3 is 2.62 bits per heavy atom. The maximum absolute atomic E-state index is 5.25. The van der Waals surface area contributed by atoms with E-state index < -0.39 is 0 Å². The van der Waals surface area contributed by atoms with Crippen molar-refractivity contribution in [2.24, 2.45) is 5.92 Å². The summed E-state index contributed by atoms with van der Waals surface area (Å²) in [6, 6.07) is 0.584. The first-order valence-electron chi connectivity index (χ1n) is 8.28. The molecule has 5 heteroatoms. The summed E-state index contributed by atoms with van der Waals surface area (Å²) in [6.45, 7) is 14.2. The van der Waals surface area contributed by atoms with Gasteiger partial charge in [0.1, 0.15) is 0 Å². The Morgan fingerprint density at radius 1 is 1.38 bits per heavy atom. The zero-order chi connectivity index (χ0) is 15.5. The highest BCUT2D eigenvalue weighted by Crippen LogP contribution is 2.25. The van der Waals surface area contributed by atoms with E-state index in [9.17, 15) is 0 Å². The SMILES string of the molecule is CCC1(CC)CN(CCc2nc(C)no2)C(C(C)C)CN1. The van der Waals surface area contributed by atoms with Gasteiger partial charge in [0.15, 0.2) is 5.82 Å². The van der Waals surface area contributed by atoms with Gasteiger partial charge >= 0.3 is 0 Å². The van der Waals surface area contributed by atoms with Crippen molar-refractivity contribution in [2.75, 3.05) is 19.6 Å². The molecule has 0 amide bonds. The third kappa shape index (κ3) is 3.83. The van der Waals surface area contributed by atoms with Crippen LogP contribution in [0.1, 0.15) is 52.3 Å². The van der Waals surface area contributed by atoms with E-state index in [1.54, 1.807) is 0 Å². The van der Waals surface area contributed by atoms with Gasteiger partial charge in [0, 0.05) is 37.6 Å². The molecule has 0 saturated carbocycles. The quantitative estimate of drug-likeness (QED) is 0.873. The number of nitrogens with one attached hydrogen (secondary N) is 1. The highest BCUT2D eigenvalue weighted by molar-refractivity contribution is 4.98. The molecular weight excluding hydrogens is 264 g/mol. The first-order chi connectivity index (χ1) is 9.99. The minimum absolute atomic E-state index is 0.260. The smallest absolute Gasteiger partial charge is 0.227 e. The Labute approximate surface area is 128 Å². The van der Waals surface area contributed by atoms with Crippen molar-refractivity contribution in [1.82, 2.24) is 20.4 Å². The second-order valence-electron chi connectivity index (χ2n) is 6.64. The maximum Gasteiger partial charge on any atom is 0.227 e. The normalized spacial score (nSPS) is 22.9. The van der Waals surface area contributed by atoms with Gasteiger partial charge in [-0.2, -0.15) is 4.98 Å². The number of hydrogen-bond acceptors (Lipinski definition) is 5. The van der Waals surface area contributed by atoms with Crippen LogP contribution in [-0.4, -0.2) is 46.3 Å². The molecule has 1 fully saturated rings. The molecule has 0 radical (unpaired) electrons. The molecule has 2 heterocycles. The van der Waals surface area contributed by atoms with Gasteiger partial charge in [-0.3, -0.25) is 4.90 Å². The highest BCUT2D eigenvalue weighted by atomic mass is 16.5. The van der Waals surface area contributed by atoms with Gasteiger partial charge in [0.05, 0.1) is 0 Å². The van der Waals surface area contributed by atoms with Crippen LogP contribution in [0.15, 0.2) is 4.52 Å². The summed E-state index contributed by atoms with van der Waals surface area (Å²) in [4.78, 5) is 6.94. The first kappa shape index (κ1) is 16.4. The zero-order valence-corrected chi connectivity index (χ0v) is 14.1. The van der Waals surface area contributed by atoms with E-state index in [1.165, 1.54) is 12.8 Å². The predicted molar refractivity (Wildman–Crippen MR) is 84.3 cm³/mol. The van der Waals surface area contributed by atoms with E-state index in [4.69, 9.17) is 4.52 Å². The molecule has 0 bridgehead atoms. The molecule has 120 valence electrons. The summed E-state index contributed by atoms with van der Waals surface area (Å²) in [5.41, 5.74) is 0.260. The summed E-state index contributed by atoms with van der Waals surface area (Å²) in [5, 5.41) is 7.68. The Balaban J connectivity index is 2.03. The summed E-state index contributed by atoms with van der Waals surface area (Å²) < 4.78 is 5.25. The Morgan fingerprint density at radius 2 is 2.10 bits per heavy atom. The molecule has 5 nitrogen and oxygen atoms in total. The van der Waals surface area contributed by atoms with Crippen molar-refractivity contribution in [3.05, 3.63) is 11.7 Å². The summed E-state index contributed by atoms with van der Waals surface area (Å²) in [7, 11) is 0. The first-order valence-corrected chi connectivity index (χ1v) is 8.28. The zero-order valence-electron chi connectivity index (χ0n) is 14.1. The number of aromatic nitrogens is 2. The van der Waals surface area contributed by atoms with E-state index >= 15 is 0 Å². The molecule has 2 rings (SSSR count). The molecule has 1 N–H and O–H groups in total. The molecule has 0 aliphatic carbocycles. The van der Waals surface area contributed by atoms with E-state index in [1.807, 2.05) is 6.92 Å². The largest absolute Gasteiger partial charge is 0.339 e. The molecule has 21 heavy (non-hydrogen) atoms. The van der Waals surface area contributed by atoms with E-state index in [0.29, 0.717) is 12.0 Å². The molecule has 1 atom stereocenters. The van der Waals surface area contributed by atoms with Crippen LogP contribution in [0, 0.1) is 12.8 Å². The average molecular weight is 294 g/mol. The Hall–Kier alpha value is -0.940. The number of nitrogens with zero attached hydrogens (tertiary/aromatic N) is 3. The lowest BCUT2D eigenvalue weighted by atomic mass is 9.86. The maximum atomic E-state index is 5.25. The van der Waals surface area contributed by atoms with Crippen molar-refractivity contribution < 1.29 is 4.52 Å². The van der Waals surface area contributed by atoms with Crippen LogP contribution in [-0.2, 0) is 6.42 Å². The van der Waals surface area contributed by atoms with Crippen LogP contribution >= 0.6 is 0 Å². The summed E-state index contributed by atoms with van der Waals surface area (Å²) >= 11 is 0. The Bertz CT molecular complexity index is 439. The summed E-state index contributed by atoms with van der Waals surface area (Å²) in [5.74, 6) is 2.13. The molecule has 1 aliphatic heterocycles. The third-order valence-electron chi connectivity index (χ3n) is 4.97. The van der Waals surface area contributed by atoms with E-state index in [0.717, 1.165) is 37.8 Å². The molecule has 1 aliphatic rings. The van der Waals surface area contributed by atoms with Crippen molar-refractivity contribution in [3.63, 3.8) is 0 Å². The topological polar surface area (TPSA) is 54.2 Å². The fourth-order valence-corrected chi connectivity index (χ4v) is 3.32. The van der Waals surface area contributed by atoms with Crippen molar-refractivity contribution in [1.29, 1.82) is 0 Å². The number of rotatable bonds is 6. The average Bonchev–Trinajstić information content (AvgIpc) is 2.90. The van der Waals surface area contributed by atoms with Gasteiger partial charge in [-0.05, 0) is 25.7 Å². The highest BCUT2D eigenvalue weighted by Gasteiger charge is 2.37. The van der Waals surface area contributed by atoms with Crippen LogP contribution in [0.2, 0.25) is 0 Å². The standard InChI is InChI=1S/C16H30N4O/c1-6-16(7-2)11-20(14(10-17-16)12(3)4)9-8-15-18-13(5)19-21-15/h12,14,17H,6-11H2,1-5H3. The van der Waals surface area contributed by atoms with Crippen molar-refractivity contribution >= 4 is 0 Å². The van der Waals surface area contributed by atoms with Crippen molar-refractivity contribution in [3.8, 4) is 0 Å². The van der Waals surface area contributed by atoms with Gasteiger partial charge < -0.3 is 9.84 Å². The molecular formula is C16H30N4O. The molecule has 0 spiro atoms. The van der Waals surface area contributed by atoms with Gasteiger partial charge in [-0.25, -0.2) is 0 Å². The fraction of sp³-hybridized carbons (Fsp3) is 0.875. The molecule has 1 unspecified atom stereocenters. The monoisotopic (exact) mass is 294 g/mol. The Kier molecular flexibility index (Phi) is 5.38. The minimum Gasteiger partial charge on any atom is -0.339 e. The summed E-state index contributed by atoms with van der Waals surface area (Å²) in [6.07, 6.45) is 3.18. The predicted octanol–water partition coefficient (Wildman–Crippen LogP) is 2.41. The van der Waals surface area contributed by atoms with E-state index in [-0.39, 0.29) is 5.54 Å². The van der Waals surface area contributed by atoms with Crippen molar-refractivity contribution in [2.45, 2.75) is 65.5 Å². The minimum atomic E-state index is 0.260. The van der Waals surface area contributed by atoms with Gasteiger partial charge in [0.25, 0.3) is 0 Å². The molecule has 1 saturated heterocycles. The second kappa shape index (κ2) is 6.88. The lowest BCUT2D eigenvalue weighted by Gasteiger charge is -2.49. The van der Waals surface area contributed by atoms with Crippen LogP contribution in [0.4, 0.5) is 0 Å².